The number of hydrogen-bond acceptors (Lipinski definition) is 5. The number of ether oxygens (including phenoxy) is 1. The van der Waals surface area contributed by atoms with Crippen LogP contribution in [0.4, 0.5) is 8.78 Å². The summed E-state index contributed by atoms with van der Waals surface area (Å²) in [6, 6.07) is 22.3. The van der Waals surface area contributed by atoms with E-state index in [4.69, 9.17) is 27.9 Å². The number of ketones is 1. The van der Waals surface area contributed by atoms with Gasteiger partial charge in [0.15, 0.2) is 5.78 Å². The van der Waals surface area contributed by atoms with Crippen LogP contribution in [0.15, 0.2) is 83.9 Å². The summed E-state index contributed by atoms with van der Waals surface area (Å²) in [5.74, 6) is 0.608. The lowest BCUT2D eigenvalue weighted by Gasteiger charge is -2.13. The van der Waals surface area contributed by atoms with Crippen LogP contribution in [0.3, 0.4) is 0 Å². The first-order chi connectivity index (χ1) is 18.8. The number of allylic oxidation sites excluding steroid dienone is 1. The van der Waals surface area contributed by atoms with Gasteiger partial charge in [-0.25, -0.2) is 13.8 Å². The van der Waals surface area contributed by atoms with Crippen LogP contribution in [0, 0.1) is 11.3 Å². The second-order valence-electron chi connectivity index (χ2n) is 8.24. The van der Waals surface area contributed by atoms with Crippen LogP contribution in [-0.2, 0) is 5.75 Å². The first-order valence-corrected chi connectivity index (χ1v) is 13.3. The maximum Gasteiger partial charge on any atom is 0.280 e. The maximum absolute atomic E-state index is 13.7. The zero-order valence-electron chi connectivity index (χ0n) is 20.5. The summed E-state index contributed by atoms with van der Waals surface area (Å²) < 4.78 is 32.9. The summed E-state index contributed by atoms with van der Waals surface area (Å²) in [5.41, 5.74) is 2.72. The topological polar surface area (TPSA) is 63.0 Å². The molecule has 0 aliphatic carbocycles. The number of aromatic nitrogens is 1. The predicted molar refractivity (Wildman–Crippen MR) is 152 cm³/mol. The quantitative estimate of drug-likeness (QED) is 0.112. The van der Waals surface area contributed by atoms with Crippen LogP contribution in [0.25, 0.3) is 17.2 Å². The average molecular weight is 581 g/mol. The van der Waals surface area contributed by atoms with Gasteiger partial charge < -0.3 is 4.74 Å². The third kappa shape index (κ3) is 6.85. The SMILES string of the molecule is COc1ccc(/C=C/C(=O)c2ccc(Cl)c(Cl)c2)cc1CSc1nc(C(F)F)cc(-c2ccccc2)c1C#N. The van der Waals surface area contributed by atoms with Crippen LogP contribution in [0.2, 0.25) is 10.0 Å². The molecule has 4 nitrogen and oxygen atoms in total. The summed E-state index contributed by atoms with van der Waals surface area (Å²) in [6.45, 7) is 0. The van der Waals surface area contributed by atoms with E-state index in [1.807, 2.05) is 12.1 Å². The Hall–Kier alpha value is -3.70. The molecular weight excluding hydrogens is 561 g/mol. The maximum atomic E-state index is 13.7. The lowest BCUT2D eigenvalue weighted by atomic mass is 10.0. The molecule has 0 amide bonds. The highest BCUT2D eigenvalue weighted by atomic mass is 35.5. The van der Waals surface area contributed by atoms with Crippen molar-refractivity contribution in [2.75, 3.05) is 7.11 Å². The zero-order chi connectivity index (χ0) is 27.9. The molecule has 0 saturated carbocycles. The number of pyridine rings is 1. The number of alkyl halides is 2. The normalized spacial score (nSPS) is 11.1. The summed E-state index contributed by atoms with van der Waals surface area (Å²) in [7, 11) is 1.52. The number of benzene rings is 3. The monoisotopic (exact) mass is 580 g/mol. The fourth-order valence-electron chi connectivity index (χ4n) is 3.79. The van der Waals surface area contributed by atoms with Crippen molar-refractivity contribution in [3.05, 3.63) is 117 Å². The molecular formula is C30H20Cl2F2N2O2S. The molecule has 0 aliphatic heterocycles. The van der Waals surface area contributed by atoms with Gasteiger partial charge in [0.1, 0.15) is 22.5 Å². The van der Waals surface area contributed by atoms with E-state index in [0.29, 0.717) is 27.5 Å². The fourth-order valence-corrected chi connectivity index (χ4v) is 5.07. The van der Waals surface area contributed by atoms with E-state index in [1.165, 1.54) is 25.3 Å². The number of halogens is 4. The second-order valence-corrected chi connectivity index (χ2v) is 10.0. The number of rotatable bonds is 9. The van der Waals surface area contributed by atoms with Crippen molar-refractivity contribution in [1.29, 1.82) is 5.26 Å². The molecule has 4 rings (SSSR count). The molecule has 1 aromatic heterocycles. The molecule has 0 unspecified atom stereocenters. The molecule has 0 radical (unpaired) electrons. The second kappa shape index (κ2) is 12.9. The molecule has 4 aromatic rings. The van der Waals surface area contributed by atoms with Crippen molar-refractivity contribution in [2.45, 2.75) is 17.2 Å². The molecule has 0 saturated heterocycles. The lowest BCUT2D eigenvalue weighted by Crippen LogP contribution is -2.00. The average Bonchev–Trinajstić information content (AvgIpc) is 2.96. The molecule has 1 heterocycles. The minimum atomic E-state index is -2.80. The van der Waals surface area contributed by atoms with Gasteiger partial charge in [0, 0.05) is 22.4 Å². The molecule has 9 heteroatoms. The highest BCUT2D eigenvalue weighted by Gasteiger charge is 2.19. The fraction of sp³-hybridized carbons (Fsp3) is 0.100. The van der Waals surface area contributed by atoms with Gasteiger partial charge in [-0.3, -0.25) is 4.79 Å². The Balaban J connectivity index is 1.62. The van der Waals surface area contributed by atoms with Gasteiger partial charge in [0.2, 0.25) is 0 Å². The highest BCUT2D eigenvalue weighted by molar-refractivity contribution is 7.98. The van der Waals surface area contributed by atoms with Crippen LogP contribution < -0.4 is 4.74 Å². The Bertz CT molecular complexity index is 1590. The molecule has 0 aliphatic rings. The van der Waals surface area contributed by atoms with E-state index in [-0.39, 0.29) is 27.1 Å². The number of nitriles is 1. The summed E-state index contributed by atoms with van der Waals surface area (Å²) in [6.07, 6.45) is 0.282. The number of thioether (sulfide) groups is 1. The minimum Gasteiger partial charge on any atom is -0.496 e. The van der Waals surface area contributed by atoms with Crippen molar-refractivity contribution < 1.29 is 18.3 Å². The molecule has 39 heavy (non-hydrogen) atoms. The van der Waals surface area contributed by atoms with Crippen molar-refractivity contribution >= 4 is 46.8 Å². The number of nitrogens with zero attached hydrogens (tertiary/aromatic N) is 2. The van der Waals surface area contributed by atoms with Crippen molar-refractivity contribution in [3.63, 3.8) is 0 Å². The van der Waals surface area contributed by atoms with Crippen molar-refractivity contribution in [1.82, 2.24) is 4.98 Å². The minimum absolute atomic E-state index is 0.201. The van der Waals surface area contributed by atoms with Crippen LogP contribution in [0.1, 0.15) is 39.2 Å². The van der Waals surface area contributed by atoms with Gasteiger partial charge in [-0.2, -0.15) is 5.26 Å². The molecule has 0 fully saturated rings. The Morgan fingerprint density at radius 3 is 2.51 bits per heavy atom. The van der Waals surface area contributed by atoms with Gasteiger partial charge in [0.05, 0.1) is 22.7 Å². The van der Waals surface area contributed by atoms with Gasteiger partial charge in [0.25, 0.3) is 6.43 Å². The summed E-state index contributed by atoms with van der Waals surface area (Å²) in [5, 5.41) is 10.8. The number of hydrogen-bond donors (Lipinski definition) is 0. The van der Waals surface area contributed by atoms with Crippen LogP contribution in [-0.4, -0.2) is 17.9 Å². The number of carbonyl (C=O) groups excluding carboxylic acids is 1. The summed E-state index contributed by atoms with van der Waals surface area (Å²) in [4.78, 5) is 16.7. The molecule has 0 atom stereocenters. The van der Waals surface area contributed by atoms with E-state index >= 15 is 0 Å². The van der Waals surface area contributed by atoms with Gasteiger partial charge in [-0.15, -0.1) is 11.8 Å². The Labute approximate surface area is 238 Å². The number of methoxy groups -OCH3 is 1. The summed E-state index contributed by atoms with van der Waals surface area (Å²) >= 11 is 13.1. The standard InChI is InChI=1S/C30H20Cl2F2N2O2S/c1-38-28-12-8-18(7-11-27(37)20-9-10-24(31)25(32)14-20)13-21(28)17-39-30-23(16-35)22(15-26(36-30)29(33)34)19-5-3-2-4-6-19/h2-15,29H,17H2,1H3/b11-7+. The zero-order valence-corrected chi connectivity index (χ0v) is 22.8. The smallest absolute Gasteiger partial charge is 0.280 e. The van der Waals surface area contributed by atoms with E-state index in [1.54, 1.807) is 54.6 Å². The Morgan fingerprint density at radius 2 is 1.85 bits per heavy atom. The van der Waals surface area contributed by atoms with Gasteiger partial charge in [-0.1, -0.05) is 65.7 Å². The predicted octanol–water partition coefficient (Wildman–Crippen LogP) is 9.06. The number of carbonyl (C=O) groups is 1. The third-order valence-corrected chi connectivity index (χ3v) is 7.49. The van der Waals surface area contributed by atoms with E-state index in [0.717, 1.165) is 22.9 Å². The van der Waals surface area contributed by atoms with Crippen LogP contribution >= 0.6 is 35.0 Å². The largest absolute Gasteiger partial charge is 0.496 e. The van der Waals surface area contributed by atoms with Crippen molar-refractivity contribution in [3.8, 4) is 22.9 Å². The first kappa shape index (κ1) is 28.3. The highest BCUT2D eigenvalue weighted by Crippen LogP contribution is 2.36. The molecule has 0 N–H and O–H groups in total. The van der Waals surface area contributed by atoms with E-state index < -0.39 is 12.1 Å². The molecule has 196 valence electrons. The lowest BCUT2D eigenvalue weighted by molar-refractivity contribution is 0.104. The van der Waals surface area contributed by atoms with Crippen molar-refractivity contribution in [2.24, 2.45) is 0 Å². The Kier molecular flexibility index (Phi) is 9.36. The van der Waals surface area contributed by atoms with Gasteiger partial charge >= 0.3 is 0 Å². The van der Waals surface area contributed by atoms with E-state index in [2.05, 4.69) is 11.1 Å². The molecule has 3 aromatic carbocycles. The third-order valence-electron chi connectivity index (χ3n) is 5.73. The Morgan fingerprint density at radius 1 is 1.08 bits per heavy atom. The molecule has 0 bridgehead atoms. The first-order valence-electron chi connectivity index (χ1n) is 11.6. The van der Waals surface area contributed by atoms with E-state index in [9.17, 15) is 18.8 Å². The molecule has 0 spiro atoms. The van der Waals surface area contributed by atoms with Crippen LogP contribution in [0.5, 0.6) is 5.75 Å². The van der Waals surface area contributed by atoms with Gasteiger partial charge in [-0.05, 0) is 53.6 Å².